The molecule has 250 valence electrons. The van der Waals surface area contributed by atoms with Gasteiger partial charge in [-0.15, -0.1) is 6.42 Å². The van der Waals surface area contributed by atoms with E-state index in [4.69, 9.17) is 15.9 Å². The Morgan fingerprint density at radius 1 is 0.913 bits per heavy atom. The molecule has 2 rings (SSSR count). The van der Waals surface area contributed by atoms with Gasteiger partial charge in [0.25, 0.3) is 0 Å². The number of nitrogens with zero attached hydrogens (tertiary/aromatic N) is 1. The molecule has 3 amide bonds. The van der Waals surface area contributed by atoms with E-state index in [2.05, 4.69) is 16.6 Å². The smallest absolute Gasteiger partial charge is 0.408 e. The molecule has 0 radical (unpaired) electrons. The predicted molar refractivity (Wildman–Crippen MR) is 176 cm³/mol. The van der Waals surface area contributed by atoms with Crippen molar-refractivity contribution < 1.29 is 33.8 Å². The van der Waals surface area contributed by atoms with Crippen LogP contribution >= 0.6 is 0 Å². The fourth-order valence-corrected chi connectivity index (χ4v) is 4.75. The molecule has 0 aromatic heterocycles. The lowest BCUT2D eigenvalue weighted by atomic mass is 9.94. The number of nitrogens with one attached hydrogen (secondary N) is 2. The quantitative estimate of drug-likeness (QED) is 0.217. The summed E-state index contributed by atoms with van der Waals surface area (Å²) >= 11 is 0. The Morgan fingerprint density at radius 2 is 1.50 bits per heavy atom. The number of amides is 3. The zero-order valence-electron chi connectivity index (χ0n) is 28.3. The number of esters is 1. The topological polar surface area (TPSA) is 134 Å². The van der Waals surface area contributed by atoms with Gasteiger partial charge in [-0.2, -0.15) is 0 Å². The number of carbonyl (C=O) groups excluding carboxylic acids is 4. The zero-order valence-corrected chi connectivity index (χ0v) is 28.3. The van der Waals surface area contributed by atoms with Gasteiger partial charge in [-0.1, -0.05) is 74.7 Å². The first-order valence-corrected chi connectivity index (χ1v) is 15.5. The highest BCUT2D eigenvalue weighted by molar-refractivity contribution is 5.94. The van der Waals surface area contributed by atoms with Gasteiger partial charge in [-0.3, -0.25) is 9.59 Å². The van der Waals surface area contributed by atoms with Crippen molar-refractivity contribution in [3.63, 3.8) is 0 Å². The lowest BCUT2D eigenvalue weighted by molar-refractivity contribution is -0.159. The molecule has 0 bridgehead atoms. The number of rotatable bonds is 13. The third-order valence-corrected chi connectivity index (χ3v) is 7.04. The lowest BCUT2D eigenvalue weighted by Crippen LogP contribution is -2.57. The van der Waals surface area contributed by atoms with Crippen molar-refractivity contribution in [1.29, 1.82) is 0 Å². The van der Waals surface area contributed by atoms with Crippen molar-refractivity contribution in [3.8, 4) is 12.3 Å². The molecule has 0 fully saturated rings. The third-order valence-electron chi connectivity index (χ3n) is 7.04. The molecule has 0 aliphatic heterocycles. The van der Waals surface area contributed by atoms with E-state index in [0.29, 0.717) is 17.5 Å². The van der Waals surface area contributed by atoms with Crippen LogP contribution in [0.4, 0.5) is 4.79 Å². The summed E-state index contributed by atoms with van der Waals surface area (Å²) in [5.74, 6) is 0.205. The Balaban J connectivity index is 2.65. The van der Waals surface area contributed by atoms with E-state index in [-0.39, 0.29) is 18.9 Å². The van der Waals surface area contributed by atoms with Gasteiger partial charge in [0, 0.05) is 18.5 Å². The number of hydrogen-bond donors (Lipinski definition) is 3. The average Bonchev–Trinajstić information content (AvgIpc) is 2.97. The van der Waals surface area contributed by atoms with E-state index < -0.39 is 59.8 Å². The van der Waals surface area contributed by atoms with E-state index in [0.717, 1.165) is 5.56 Å². The number of terminal acetylenes is 1. The maximum absolute atomic E-state index is 14.4. The van der Waals surface area contributed by atoms with Crippen LogP contribution in [-0.4, -0.2) is 70.3 Å². The largest absolute Gasteiger partial charge is 0.458 e. The highest BCUT2D eigenvalue weighted by Crippen LogP contribution is 2.27. The van der Waals surface area contributed by atoms with Crippen LogP contribution in [0.5, 0.6) is 0 Å². The minimum Gasteiger partial charge on any atom is -0.458 e. The van der Waals surface area contributed by atoms with E-state index in [9.17, 15) is 24.3 Å². The molecule has 0 aliphatic carbocycles. The monoisotopic (exact) mass is 635 g/mol. The Kier molecular flexibility index (Phi) is 13.8. The Labute approximate surface area is 273 Å². The second kappa shape index (κ2) is 16.8. The van der Waals surface area contributed by atoms with Crippen LogP contribution in [0.2, 0.25) is 0 Å². The second-order valence-electron chi connectivity index (χ2n) is 13.2. The number of alkyl carbamates (subject to hydrolysis) is 1. The summed E-state index contributed by atoms with van der Waals surface area (Å²) in [4.78, 5) is 56.2. The number of benzene rings is 2. The van der Waals surface area contributed by atoms with Crippen molar-refractivity contribution >= 4 is 23.9 Å². The van der Waals surface area contributed by atoms with Crippen LogP contribution < -0.4 is 10.6 Å². The van der Waals surface area contributed by atoms with Gasteiger partial charge in [0.1, 0.15) is 29.3 Å². The lowest BCUT2D eigenvalue weighted by Gasteiger charge is -2.36. The first-order chi connectivity index (χ1) is 21.5. The average molecular weight is 636 g/mol. The number of carbonyl (C=O) groups is 4. The Hall–Kier alpha value is -4.36. The Morgan fingerprint density at radius 3 is 2.04 bits per heavy atom. The first-order valence-electron chi connectivity index (χ1n) is 15.5. The van der Waals surface area contributed by atoms with Gasteiger partial charge in [0.05, 0.1) is 6.61 Å². The molecule has 0 saturated carbocycles. The molecule has 0 aliphatic rings. The summed E-state index contributed by atoms with van der Waals surface area (Å²) in [6, 6.07) is 12.2. The van der Waals surface area contributed by atoms with Crippen LogP contribution in [0.1, 0.15) is 84.5 Å². The van der Waals surface area contributed by atoms with Crippen LogP contribution in [0.25, 0.3) is 0 Å². The van der Waals surface area contributed by atoms with Gasteiger partial charge in [-0.25, -0.2) is 9.59 Å². The van der Waals surface area contributed by atoms with Crippen molar-refractivity contribution in [3.05, 3.63) is 71.3 Å². The number of ether oxygens (including phenoxy) is 2. The molecule has 10 nitrogen and oxygen atoms in total. The van der Waals surface area contributed by atoms with Crippen molar-refractivity contribution in [2.45, 2.75) is 97.6 Å². The van der Waals surface area contributed by atoms with Gasteiger partial charge < -0.3 is 30.1 Å². The van der Waals surface area contributed by atoms with Gasteiger partial charge >= 0.3 is 12.1 Å². The maximum Gasteiger partial charge on any atom is 0.408 e. The van der Waals surface area contributed by atoms with Crippen LogP contribution in [0.15, 0.2) is 54.6 Å². The minimum atomic E-state index is -1.38. The number of hydrogen-bond acceptors (Lipinski definition) is 7. The fraction of sp³-hybridized carbons (Fsp3) is 0.500. The van der Waals surface area contributed by atoms with Crippen molar-refractivity contribution in [2.24, 2.45) is 5.92 Å². The van der Waals surface area contributed by atoms with E-state index >= 15 is 0 Å². The molecule has 46 heavy (non-hydrogen) atoms. The number of aliphatic hydroxyl groups excluding tert-OH is 1. The summed E-state index contributed by atoms with van der Waals surface area (Å²) in [7, 11) is 0. The first kappa shape index (κ1) is 37.8. The molecule has 3 N–H and O–H groups in total. The summed E-state index contributed by atoms with van der Waals surface area (Å²) in [5, 5.41) is 15.6. The molecule has 2 aromatic rings. The van der Waals surface area contributed by atoms with Crippen LogP contribution in [0.3, 0.4) is 0 Å². The van der Waals surface area contributed by atoms with Crippen LogP contribution in [-0.2, 0) is 30.3 Å². The SMILES string of the molecule is C#Cc1ccccc1C(C(=O)NC(Cc1ccccc1)C(=O)OC(C)(C)C)N(CCO)C(=O)C(NC(=O)OC(C)(C)C)C(C)CC. The molecular formula is C36H49N3O7. The normalized spacial score (nSPS) is 14.1. The summed E-state index contributed by atoms with van der Waals surface area (Å²) < 4.78 is 11.1. The van der Waals surface area contributed by atoms with E-state index in [1.165, 1.54) is 4.90 Å². The molecule has 4 atom stereocenters. The second-order valence-corrected chi connectivity index (χ2v) is 13.2. The zero-order chi connectivity index (χ0) is 34.7. The summed E-state index contributed by atoms with van der Waals surface area (Å²) in [5.41, 5.74) is -0.216. The predicted octanol–water partition coefficient (Wildman–Crippen LogP) is 4.54. The van der Waals surface area contributed by atoms with Gasteiger partial charge in [0.15, 0.2) is 0 Å². The molecule has 0 saturated heterocycles. The molecule has 0 spiro atoms. The maximum atomic E-state index is 14.4. The van der Waals surface area contributed by atoms with Crippen molar-refractivity contribution in [2.75, 3.05) is 13.2 Å². The molecular weight excluding hydrogens is 586 g/mol. The molecule has 2 aromatic carbocycles. The highest BCUT2D eigenvalue weighted by atomic mass is 16.6. The summed E-state index contributed by atoms with van der Waals surface area (Å²) in [6.07, 6.45) is 5.66. The standard InChI is InChI=1S/C36H49N3O7/c1-10-24(3)29(38-34(44)46-36(7,8)9)32(42)39(21-22-40)30(27-20-16-15-19-26(27)11-2)31(41)37-28(33(43)45-35(4,5)6)23-25-17-13-12-14-18-25/h2,12-20,24,28-30,40H,10,21-23H2,1,3-9H3,(H,37,41)(H,38,44). The highest BCUT2D eigenvalue weighted by Gasteiger charge is 2.40. The minimum absolute atomic E-state index is 0.120. The third kappa shape index (κ3) is 11.5. The van der Waals surface area contributed by atoms with Crippen LogP contribution in [0, 0.1) is 18.3 Å². The van der Waals surface area contributed by atoms with E-state index in [1.54, 1.807) is 72.7 Å². The summed E-state index contributed by atoms with van der Waals surface area (Å²) in [6.45, 7) is 13.2. The fourth-order valence-electron chi connectivity index (χ4n) is 4.75. The van der Waals surface area contributed by atoms with Gasteiger partial charge in [0.2, 0.25) is 11.8 Å². The van der Waals surface area contributed by atoms with Crippen molar-refractivity contribution in [1.82, 2.24) is 15.5 Å². The molecule has 10 heteroatoms. The number of aliphatic hydroxyl groups is 1. The Bertz CT molecular complexity index is 1370. The molecule has 0 heterocycles. The van der Waals surface area contributed by atoms with E-state index in [1.807, 2.05) is 37.3 Å². The molecule has 4 unspecified atom stereocenters. The van der Waals surface area contributed by atoms with Gasteiger partial charge in [-0.05, 0) is 64.7 Å².